The van der Waals surface area contributed by atoms with E-state index < -0.39 is 0 Å². The molecule has 0 saturated carbocycles. The zero-order valence-electron chi connectivity index (χ0n) is 17.6. The lowest BCUT2D eigenvalue weighted by atomic mass is 10.0. The van der Waals surface area contributed by atoms with E-state index in [-0.39, 0.29) is 18.3 Å². The monoisotopic (exact) mass is 478 g/mol. The third kappa shape index (κ3) is 6.38. The predicted molar refractivity (Wildman–Crippen MR) is 126 cm³/mol. The van der Waals surface area contributed by atoms with Crippen molar-refractivity contribution in [2.45, 2.75) is 45.0 Å². The maximum Gasteiger partial charge on any atom is 0.234 e. The van der Waals surface area contributed by atoms with Gasteiger partial charge < -0.3 is 14.6 Å². The van der Waals surface area contributed by atoms with Crippen LogP contribution >= 0.6 is 35.0 Å². The molecule has 0 aliphatic rings. The minimum Gasteiger partial charge on any atom is -0.484 e. The van der Waals surface area contributed by atoms with Crippen molar-refractivity contribution in [2.24, 2.45) is 0 Å². The van der Waals surface area contributed by atoms with Crippen LogP contribution in [0, 0.1) is 0 Å². The van der Waals surface area contributed by atoms with Gasteiger partial charge in [0.15, 0.2) is 11.0 Å². The van der Waals surface area contributed by atoms with E-state index in [0.717, 1.165) is 5.69 Å². The van der Waals surface area contributed by atoms with Crippen LogP contribution in [0.15, 0.2) is 47.6 Å². The van der Waals surface area contributed by atoms with Gasteiger partial charge in [-0.15, -0.1) is 10.2 Å². The zero-order valence-corrected chi connectivity index (χ0v) is 19.9. The fourth-order valence-corrected chi connectivity index (χ4v) is 4.01. The molecule has 9 heteroatoms. The average Bonchev–Trinajstić information content (AvgIpc) is 3.15. The van der Waals surface area contributed by atoms with Crippen molar-refractivity contribution in [1.82, 2.24) is 14.8 Å². The summed E-state index contributed by atoms with van der Waals surface area (Å²) >= 11 is 13.5. The van der Waals surface area contributed by atoms with E-state index in [0.29, 0.717) is 39.2 Å². The Balaban J connectivity index is 1.57. The second-order valence-electron chi connectivity index (χ2n) is 7.12. The van der Waals surface area contributed by atoms with Crippen LogP contribution < -0.4 is 10.1 Å². The molecular weight excluding hydrogens is 455 g/mol. The van der Waals surface area contributed by atoms with Gasteiger partial charge in [-0.25, -0.2) is 0 Å². The van der Waals surface area contributed by atoms with E-state index in [1.165, 1.54) is 17.3 Å². The Kier molecular flexibility index (Phi) is 8.23. The molecule has 0 radical (unpaired) electrons. The Morgan fingerprint density at radius 2 is 1.90 bits per heavy atom. The molecule has 3 rings (SSSR count). The Morgan fingerprint density at radius 3 is 2.58 bits per heavy atom. The molecule has 0 saturated heterocycles. The molecule has 0 aliphatic carbocycles. The van der Waals surface area contributed by atoms with E-state index >= 15 is 0 Å². The van der Waals surface area contributed by atoms with Crippen molar-refractivity contribution in [1.29, 1.82) is 0 Å². The van der Waals surface area contributed by atoms with Gasteiger partial charge in [0.2, 0.25) is 5.91 Å². The minimum atomic E-state index is -0.101. The van der Waals surface area contributed by atoms with Gasteiger partial charge in [0.05, 0.1) is 10.8 Å². The van der Waals surface area contributed by atoms with E-state index in [4.69, 9.17) is 27.9 Å². The van der Waals surface area contributed by atoms with Crippen LogP contribution in [-0.2, 0) is 17.9 Å². The van der Waals surface area contributed by atoms with Crippen molar-refractivity contribution in [3.05, 3.63) is 63.9 Å². The molecule has 1 amide bonds. The van der Waals surface area contributed by atoms with Crippen molar-refractivity contribution in [3.63, 3.8) is 0 Å². The SMILES string of the molecule is CCn1c(COc2cc(Cl)ccc2Cl)nnc1SCC(=O)Nc1ccc(C(C)C)cc1. The summed E-state index contributed by atoms with van der Waals surface area (Å²) in [6.45, 7) is 7.10. The fraction of sp³-hybridized carbons (Fsp3) is 0.318. The second kappa shape index (κ2) is 10.9. The number of ether oxygens (including phenoxy) is 1. The van der Waals surface area contributed by atoms with E-state index in [2.05, 4.69) is 29.4 Å². The highest BCUT2D eigenvalue weighted by molar-refractivity contribution is 7.99. The minimum absolute atomic E-state index is 0.101. The summed E-state index contributed by atoms with van der Waals surface area (Å²) in [5.74, 6) is 1.71. The number of carbonyl (C=O) groups excluding carboxylic acids is 1. The lowest BCUT2D eigenvalue weighted by Gasteiger charge is -2.10. The highest BCUT2D eigenvalue weighted by Crippen LogP contribution is 2.28. The van der Waals surface area contributed by atoms with Gasteiger partial charge in [0, 0.05) is 23.3 Å². The summed E-state index contributed by atoms with van der Waals surface area (Å²) in [6.07, 6.45) is 0. The Morgan fingerprint density at radius 1 is 1.16 bits per heavy atom. The Labute approximate surface area is 196 Å². The van der Waals surface area contributed by atoms with Gasteiger partial charge in [0.25, 0.3) is 0 Å². The van der Waals surface area contributed by atoms with Crippen LogP contribution in [0.2, 0.25) is 10.0 Å². The molecule has 2 aromatic carbocycles. The van der Waals surface area contributed by atoms with Crippen LogP contribution in [0.3, 0.4) is 0 Å². The number of halogens is 2. The third-order valence-corrected chi connectivity index (χ3v) is 6.07. The van der Waals surface area contributed by atoms with Crippen molar-refractivity contribution in [3.8, 4) is 5.75 Å². The smallest absolute Gasteiger partial charge is 0.234 e. The molecule has 6 nitrogen and oxygen atoms in total. The number of aromatic nitrogens is 3. The molecule has 31 heavy (non-hydrogen) atoms. The molecule has 164 valence electrons. The van der Waals surface area contributed by atoms with Crippen molar-refractivity contribution >= 4 is 46.6 Å². The topological polar surface area (TPSA) is 69.0 Å². The molecule has 0 spiro atoms. The lowest BCUT2D eigenvalue weighted by Crippen LogP contribution is -2.15. The van der Waals surface area contributed by atoms with Crippen LogP contribution in [0.5, 0.6) is 5.75 Å². The first kappa shape index (κ1) is 23.4. The molecule has 1 aromatic heterocycles. The number of hydrogen-bond acceptors (Lipinski definition) is 5. The number of nitrogens with zero attached hydrogens (tertiary/aromatic N) is 3. The molecule has 0 fully saturated rings. The number of carbonyl (C=O) groups is 1. The molecule has 0 bridgehead atoms. The quantitative estimate of drug-likeness (QED) is 0.379. The van der Waals surface area contributed by atoms with Gasteiger partial charge in [0.1, 0.15) is 12.4 Å². The molecule has 3 aromatic rings. The first-order valence-electron chi connectivity index (χ1n) is 9.90. The van der Waals surface area contributed by atoms with Gasteiger partial charge in [-0.3, -0.25) is 4.79 Å². The van der Waals surface area contributed by atoms with E-state index in [1.54, 1.807) is 18.2 Å². The largest absolute Gasteiger partial charge is 0.484 e. The van der Waals surface area contributed by atoms with Crippen LogP contribution in [-0.4, -0.2) is 26.4 Å². The summed E-state index contributed by atoms with van der Waals surface area (Å²) in [6, 6.07) is 12.9. The number of hydrogen-bond donors (Lipinski definition) is 1. The third-order valence-electron chi connectivity index (χ3n) is 4.55. The molecular formula is C22H24Cl2N4O2S. The van der Waals surface area contributed by atoms with E-state index in [1.807, 2.05) is 35.8 Å². The second-order valence-corrected chi connectivity index (χ2v) is 8.91. The zero-order chi connectivity index (χ0) is 22.4. The standard InChI is InChI=1S/C22H24Cl2N4O2S/c1-4-28-20(12-30-19-11-16(23)7-10-18(19)24)26-27-22(28)31-13-21(29)25-17-8-5-15(6-9-17)14(2)3/h5-11,14H,4,12-13H2,1-3H3,(H,25,29). The first-order valence-corrected chi connectivity index (χ1v) is 11.6. The number of nitrogens with one attached hydrogen (secondary N) is 1. The molecule has 0 unspecified atom stereocenters. The van der Waals surface area contributed by atoms with Gasteiger partial charge in [-0.2, -0.15) is 0 Å². The lowest BCUT2D eigenvalue weighted by molar-refractivity contribution is -0.113. The van der Waals surface area contributed by atoms with Crippen LogP contribution in [0.25, 0.3) is 0 Å². The summed E-state index contributed by atoms with van der Waals surface area (Å²) in [5, 5.41) is 13.0. The van der Waals surface area contributed by atoms with Crippen molar-refractivity contribution < 1.29 is 9.53 Å². The molecule has 1 heterocycles. The van der Waals surface area contributed by atoms with Crippen LogP contribution in [0.4, 0.5) is 5.69 Å². The summed E-state index contributed by atoms with van der Waals surface area (Å²) in [7, 11) is 0. The summed E-state index contributed by atoms with van der Waals surface area (Å²) < 4.78 is 7.67. The number of amides is 1. The fourth-order valence-electron chi connectivity index (χ4n) is 2.86. The summed E-state index contributed by atoms with van der Waals surface area (Å²) in [5.41, 5.74) is 2.01. The predicted octanol–water partition coefficient (Wildman–Crippen LogP) is 6.04. The maximum atomic E-state index is 12.3. The van der Waals surface area contributed by atoms with Crippen molar-refractivity contribution in [2.75, 3.05) is 11.1 Å². The number of anilines is 1. The van der Waals surface area contributed by atoms with Gasteiger partial charge in [-0.1, -0.05) is 60.9 Å². The highest BCUT2D eigenvalue weighted by atomic mass is 35.5. The van der Waals surface area contributed by atoms with Crippen LogP contribution in [0.1, 0.15) is 38.1 Å². The maximum absolute atomic E-state index is 12.3. The average molecular weight is 479 g/mol. The number of thioether (sulfide) groups is 1. The first-order chi connectivity index (χ1) is 14.9. The molecule has 0 atom stereocenters. The molecule has 0 aliphatic heterocycles. The number of benzene rings is 2. The normalized spacial score (nSPS) is 11.0. The van der Waals surface area contributed by atoms with Gasteiger partial charge in [-0.05, 0) is 42.7 Å². The molecule has 1 N–H and O–H groups in total. The van der Waals surface area contributed by atoms with E-state index in [9.17, 15) is 4.79 Å². The Hall–Kier alpha value is -2.22. The summed E-state index contributed by atoms with van der Waals surface area (Å²) in [4.78, 5) is 12.3. The van der Waals surface area contributed by atoms with Gasteiger partial charge >= 0.3 is 0 Å². The number of rotatable bonds is 9. The Bertz CT molecular complexity index is 1040. The highest BCUT2D eigenvalue weighted by Gasteiger charge is 2.15.